The smallest absolute Gasteiger partial charge is 0.261 e. The minimum atomic E-state index is -0.170. The molecule has 1 amide bonds. The van der Waals surface area contributed by atoms with E-state index in [1.165, 1.54) is 0 Å². The molecule has 3 aromatic heterocycles. The molecule has 1 aliphatic carbocycles. The Morgan fingerprint density at radius 1 is 1.00 bits per heavy atom. The van der Waals surface area contributed by atoms with Crippen LogP contribution < -0.4 is 19.7 Å². The van der Waals surface area contributed by atoms with E-state index < -0.39 is 0 Å². The van der Waals surface area contributed by atoms with Crippen molar-refractivity contribution in [2.75, 3.05) is 24.4 Å². The first-order valence-corrected chi connectivity index (χ1v) is 15.6. The van der Waals surface area contributed by atoms with E-state index >= 15 is 0 Å². The van der Waals surface area contributed by atoms with Crippen LogP contribution in [0.2, 0.25) is 0 Å². The number of fused-ring (bicyclic) bond motifs is 3. The highest BCUT2D eigenvalue weighted by Crippen LogP contribution is 2.38. The Morgan fingerprint density at radius 3 is 2.59 bits per heavy atom. The molecule has 0 saturated heterocycles. The van der Waals surface area contributed by atoms with Crippen LogP contribution in [0, 0.1) is 0 Å². The summed E-state index contributed by atoms with van der Waals surface area (Å²) in [6.07, 6.45) is 7.96. The summed E-state index contributed by atoms with van der Waals surface area (Å²) < 4.78 is 16.8. The quantitative estimate of drug-likeness (QED) is 0.181. The Kier molecular flexibility index (Phi) is 8.19. The van der Waals surface area contributed by atoms with E-state index in [2.05, 4.69) is 38.5 Å². The maximum absolute atomic E-state index is 14.1. The van der Waals surface area contributed by atoms with Crippen LogP contribution in [0.3, 0.4) is 0 Å². The van der Waals surface area contributed by atoms with Crippen LogP contribution in [-0.2, 0) is 37.5 Å². The molecule has 2 aromatic carbocycles. The number of pyridine rings is 2. The van der Waals surface area contributed by atoms with Gasteiger partial charge >= 0.3 is 0 Å². The Labute approximate surface area is 267 Å². The van der Waals surface area contributed by atoms with E-state index in [1.54, 1.807) is 37.7 Å². The minimum absolute atomic E-state index is 0.170. The van der Waals surface area contributed by atoms with E-state index in [-0.39, 0.29) is 5.91 Å². The summed E-state index contributed by atoms with van der Waals surface area (Å²) in [5, 5.41) is 4.57. The lowest BCUT2D eigenvalue weighted by molar-refractivity contribution is 0.0984. The van der Waals surface area contributed by atoms with Gasteiger partial charge in [0.25, 0.3) is 5.91 Å². The zero-order valence-corrected chi connectivity index (χ0v) is 26.2. The van der Waals surface area contributed by atoms with E-state index in [9.17, 15) is 4.79 Å². The number of nitrogens with zero attached hydrogens (tertiary/aromatic N) is 5. The van der Waals surface area contributed by atoms with Gasteiger partial charge in [-0.1, -0.05) is 19.1 Å². The number of aryl methyl sites for hydroxylation is 1. The first-order valence-electron chi connectivity index (χ1n) is 15.6. The molecule has 1 saturated carbocycles. The van der Waals surface area contributed by atoms with Crippen molar-refractivity contribution in [2.45, 2.75) is 58.4 Å². The first-order chi connectivity index (χ1) is 22.6. The molecule has 0 spiro atoms. The molecule has 5 aromatic rings. The van der Waals surface area contributed by atoms with Crippen LogP contribution in [0.25, 0.3) is 10.9 Å². The fourth-order valence-corrected chi connectivity index (χ4v) is 5.97. The second-order valence-corrected chi connectivity index (χ2v) is 11.6. The van der Waals surface area contributed by atoms with Crippen LogP contribution in [0.15, 0.2) is 67.1 Å². The number of amides is 1. The zero-order valence-electron chi connectivity index (χ0n) is 26.2. The van der Waals surface area contributed by atoms with Crippen molar-refractivity contribution in [3.8, 4) is 11.5 Å². The van der Waals surface area contributed by atoms with E-state index in [4.69, 9.17) is 19.2 Å². The number of carbonyl (C=O) groups is 1. The average Bonchev–Trinajstić information content (AvgIpc) is 3.84. The van der Waals surface area contributed by atoms with Crippen LogP contribution in [0.5, 0.6) is 11.5 Å². The van der Waals surface area contributed by atoms with Crippen molar-refractivity contribution in [1.82, 2.24) is 19.9 Å². The molecule has 2 aliphatic rings. The highest BCUT2D eigenvalue weighted by Gasteiger charge is 2.28. The lowest BCUT2D eigenvalue weighted by atomic mass is 10.0. The van der Waals surface area contributed by atoms with Crippen molar-refractivity contribution < 1.29 is 19.0 Å². The standard InChI is InChI=1S/C36H36N6O4/c1-4-30-32(6-5-13-37-30)42(36(43)25-17-38-34(39-18-25)23-8-9-23)19-22-7-12-27-28-20-46-21-29(28)35(41-31(27)14-22)40-16-24-10-11-26(44-2)15-33(24)45-3/h5-7,10-15,17-18,23H,4,8-9,16,19-21H2,1-3H3,(H,40,41). The Morgan fingerprint density at radius 2 is 1.83 bits per heavy atom. The molecule has 10 nitrogen and oxygen atoms in total. The molecule has 1 fully saturated rings. The predicted molar refractivity (Wildman–Crippen MR) is 175 cm³/mol. The summed E-state index contributed by atoms with van der Waals surface area (Å²) >= 11 is 0. The summed E-state index contributed by atoms with van der Waals surface area (Å²) in [6.45, 7) is 3.90. The van der Waals surface area contributed by atoms with Gasteiger partial charge in [-0.05, 0) is 60.7 Å². The molecule has 1 N–H and O–H groups in total. The van der Waals surface area contributed by atoms with Crippen molar-refractivity contribution in [3.05, 3.63) is 106 Å². The number of nitrogens with one attached hydrogen (secondary N) is 1. The maximum atomic E-state index is 14.1. The van der Waals surface area contributed by atoms with Crippen LogP contribution >= 0.6 is 0 Å². The molecule has 4 heterocycles. The third kappa shape index (κ3) is 5.83. The average molecular weight is 617 g/mol. The lowest BCUT2D eigenvalue weighted by Gasteiger charge is -2.25. The maximum Gasteiger partial charge on any atom is 0.261 e. The summed E-state index contributed by atoms with van der Waals surface area (Å²) in [4.78, 5) is 34.5. The summed E-state index contributed by atoms with van der Waals surface area (Å²) in [6, 6.07) is 15.8. The van der Waals surface area contributed by atoms with Gasteiger partial charge in [0.1, 0.15) is 23.1 Å². The number of anilines is 2. The number of carbonyl (C=O) groups excluding carboxylic acids is 1. The van der Waals surface area contributed by atoms with Gasteiger partial charge in [0.05, 0.1) is 56.4 Å². The molecule has 234 valence electrons. The van der Waals surface area contributed by atoms with Crippen molar-refractivity contribution >= 4 is 28.3 Å². The molecule has 0 bridgehead atoms. The lowest BCUT2D eigenvalue weighted by Crippen LogP contribution is -2.31. The molecule has 0 atom stereocenters. The molecule has 1 aliphatic heterocycles. The largest absolute Gasteiger partial charge is 0.497 e. The number of ether oxygens (including phenoxy) is 3. The van der Waals surface area contributed by atoms with Gasteiger partial charge in [0, 0.05) is 53.6 Å². The number of rotatable bonds is 11. The van der Waals surface area contributed by atoms with Crippen LogP contribution in [0.1, 0.15) is 69.8 Å². The van der Waals surface area contributed by atoms with Crippen molar-refractivity contribution in [1.29, 1.82) is 0 Å². The normalized spacial score (nSPS) is 13.8. The predicted octanol–water partition coefficient (Wildman–Crippen LogP) is 6.37. The molecule has 46 heavy (non-hydrogen) atoms. The first kappa shape index (κ1) is 29.6. The Balaban J connectivity index is 1.21. The van der Waals surface area contributed by atoms with Crippen molar-refractivity contribution in [3.63, 3.8) is 0 Å². The second kappa shape index (κ2) is 12.7. The second-order valence-electron chi connectivity index (χ2n) is 11.6. The minimum Gasteiger partial charge on any atom is -0.497 e. The molecule has 7 rings (SSSR count). The number of benzene rings is 2. The SMILES string of the molecule is CCc1ncccc1N(Cc1ccc2c3c(c(NCc4ccc(OC)cc4OC)nc2c1)COC3)C(=O)c1cnc(C2CC2)nc1. The van der Waals surface area contributed by atoms with Crippen LogP contribution in [-0.4, -0.2) is 40.1 Å². The summed E-state index contributed by atoms with van der Waals surface area (Å²) in [5.41, 5.74) is 7.01. The monoisotopic (exact) mass is 616 g/mol. The van der Waals surface area contributed by atoms with Gasteiger partial charge in [-0.2, -0.15) is 0 Å². The highest BCUT2D eigenvalue weighted by atomic mass is 16.5. The number of hydrogen-bond acceptors (Lipinski definition) is 9. The Hall–Kier alpha value is -5.09. The van der Waals surface area contributed by atoms with Gasteiger partial charge in [0.2, 0.25) is 0 Å². The number of methoxy groups -OCH3 is 2. The third-order valence-electron chi connectivity index (χ3n) is 8.64. The van der Waals surface area contributed by atoms with E-state index in [0.717, 1.165) is 80.5 Å². The summed E-state index contributed by atoms with van der Waals surface area (Å²) in [5.74, 6) is 3.30. The van der Waals surface area contributed by atoms with E-state index in [1.807, 2.05) is 37.3 Å². The molecular weight excluding hydrogens is 580 g/mol. The van der Waals surface area contributed by atoms with Gasteiger partial charge in [-0.3, -0.25) is 9.78 Å². The molecule has 0 radical (unpaired) electrons. The molecule has 10 heteroatoms. The van der Waals surface area contributed by atoms with Gasteiger partial charge in [-0.25, -0.2) is 15.0 Å². The fraction of sp³-hybridized carbons (Fsp3) is 0.306. The van der Waals surface area contributed by atoms with Crippen molar-refractivity contribution in [2.24, 2.45) is 0 Å². The highest BCUT2D eigenvalue weighted by molar-refractivity contribution is 6.06. The summed E-state index contributed by atoms with van der Waals surface area (Å²) in [7, 11) is 3.29. The number of hydrogen-bond donors (Lipinski definition) is 1. The van der Waals surface area contributed by atoms with Gasteiger partial charge in [-0.15, -0.1) is 0 Å². The number of aromatic nitrogens is 4. The van der Waals surface area contributed by atoms with E-state index in [0.29, 0.717) is 44.2 Å². The molecular formula is C36H36N6O4. The van der Waals surface area contributed by atoms with Crippen LogP contribution in [0.4, 0.5) is 11.5 Å². The fourth-order valence-electron chi connectivity index (χ4n) is 5.97. The topological polar surface area (TPSA) is 112 Å². The molecule has 0 unspecified atom stereocenters. The zero-order chi connectivity index (χ0) is 31.6. The third-order valence-corrected chi connectivity index (χ3v) is 8.64. The van der Waals surface area contributed by atoms with Gasteiger partial charge < -0.3 is 24.4 Å². The van der Waals surface area contributed by atoms with Gasteiger partial charge in [0.15, 0.2) is 0 Å². The Bertz CT molecular complexity index is 1910.